The van der Waals surface area contributed by atoms with E-state index in [0.717, 1.165) is 22.5 Å². The van der Waals surface area contributed by atoms with E-state index in [9.17, 15) is 19.1 Å². The lowest BCUT2D eigenvalue weighted by molar-refractivity contribution is -0.132. The Kier molecular flexibility index (Phi) is 9.13. The summed E-state index contributed by atoms with van der Waals surface area (Å²) in [5, 5.41) is 20.1. The van der Waals surface area contributed by atoms with E-state index < -0.39 is 17.7 Å². The molecule has 1 fully saturated rings. The van der Waals surface area contributed by atoms with E-state index in [-0.39, 0.29) is 22.3 Å². The van der Waals surface area contributed by atoms with Crippen molar-refractivity contribution in [2.45, 2.75) is 29.7 Å². The molecule has 1 N–H and O–H groups in total. The first-order valence-corrected chi connectivity index (χ1v) is 16.1. The van der Waals surface area contributed by atoms with Crippen molar-refractivity contribution >= 4 is 45.7 Å². The average Bonchev–Trinajstić information content (AvgIpc) is 3.65. The van der Waals surface area contributed by atoms with Crippen LogP contribution in [0, 0.1) is 12.7 Å². The number of ketones is 1. The van der Waals surface area contributed by atoms with Crippen LogP contribution in [0.1, 0.15) is 33.9 Å². The molecule has 1 aliphatic heterocycles. The maximum Gasteiger partial charge on any atom is 0.301 e. The summed E-state index contributed by atoms with van der Waals surface area (Å²) >= 11 is 2.38. The van der Waals surface area contributed by atoms with Crippen molar-refractivity contribution in [1.29, 1.82) is 0 Å². The van der Waals surface area contributed by atoms with Crippen LogP contribution in [-0.2, 0) is 21.9 Å². The number of rotatable bonds is 10. The first-order chi connectivity index (χ1) is 22.3. The van der Waals surface area contributed by atoms with E-state index in [2.05, 4.69) is 10.2 Å². The average molecular weight is 654 g/mol. The highest BCUT2D eigenvalue weighted by Crippen LogP contribution is 2.44. The van der Waals surface area contributed by atoms with E-state index in [4.69, 9.17) is 9.47 Å². The minimum absolute atomic E-state index is 0.0838. The van der Waals surface area contributed by atoms with E-state index >= 15 is 0 Å². The molecule has 1 aliphatic rings. The molecule has 2 heterocycles. The van der Waals surface area contributed by atoms with Crippen molar-refractivity contribution in [3.05, 3.63) is 136 Å². The quantitative estimate of drug-likeness (QED) is 0.0544. The number of amides is 1. The molecule has 5 aromatic rings. The molecule has 1 amide bonds. The Morgan fingerprint density at radius 3 is 2.28 bits per heavy atom. The number of Topliss-reactive ketones (excluding diaryl/α,β-unsaturated/α-hetero) is 1. The minimum atomic E-state index is -0.986. The van der Waals surface area contributed by atoms with Gasteiger partial charge >= 0.3 is 5.91 Å². The Morgan fingerprint density at radius 1 is 0.913 bits per heavy atom. The van der Waals surface area contributed by atoms with Gasteiger partial charge in [0, 0.05) is 11.3 Å². The Hall–Kier alpha value is -5.00. The standard InChI is InChI=1S/C35H28FN3O5S2/c1-21-7-3-4-8-24(21)19-44-27-17-13-23(14-18-27)31(40)29-30(22-11-15-26(43-2)16-12-22)39(33(42)32(29)41)34-37-38-35(46-34)45-20-25-9-5-6-10-28(25)36/h3-18,30,40H,19-20H2,1-2H3/b31-29+. The van der Waals surface area contributed by atoms with Gasteiger partial charge in [0.05, 0.1) is 18.7 Å². The normalized spacial score (nSPS) is 15.7. The SMILES string of the molecule is COc1ccc(C2/C(=C(\O)c3ccc(OCc4ccccc4C)cc3)C(=O)C(=O)N2c2nnc(SCc3ccccc3F)s2)cc1. The van der Waals surface area contributed by atoms with Crippen molar-refractivity contribution < 1.29 is 28.6 Å². The number of hydrogen-bond donors (Lipinski definition) is 1. The number of thioether (sulfide) groups is 1. The molecule has 232 valence electrons. The zero-order chi connectivity index (χ0) is 32.2. The number of aryl methyl sites for hydroxylation is 1. The minimum Gasteiger partial charge on any atom is -0.507 e. The molecular formula is C35H28FN3O5S2. The number of aliphatic hydroxyl groups is 1. The number of methoxy groups -OCH3 is 1. The number of carbonyl (C=O) groups excluding carboxylic acids is 2. The lowest BCUT2D eigenvalue weighted by Crippen LogP contribution is -2.29. The van der Waals surface area contributed by atoms with Gasteiger partial charge in [-0.1, -0.05) is 77.7 Å². The smallest absolute Gasteiger partial charge is 0.301 e. The fourth-order valence-electron chi connectivity index (χ4n) is 5.04. The summed E-state index contributed by atoms with van der Waals surface area (Å²) in [6.07, 6.45) is 0. The molecule has 0 aliphatic carbocycles. The molecule has 1 aromatic heterocycles. The molecule has 1 atom stereocenters. The molecule has 1 unspecified atom stereocenters. The number of ether oxygens (including phenoxy) is 2. The highest BCUT2D eigenvalue weighted by molar-refractivity contribution is 8.00. The van der Waals surface area contributed by atoms with Crippen molar-refractivity contribution in [2.75, 3.05) is 12.0 Å². The number of nitrogens with zero attached hydrogens (tertiary/aromatic N) is 3. The van der Waals surface area contributed by atoms with E-state index in [1.165, 1.54) is 29.8 Å². The molecule has 8 nitrogen and oxygen atoms in total. The second-order valence-electron chi connectivity index (χ2n) is 10.4. The Morgan fingerprint density at radius 2 is 1.59 bits per heavy atom. The Bertz CT molecular complexity index is 1930. The maximum absolute atomic E-state index is 14.2. The van der Waals surface area contributed by atoms with Crippen LogP contribution < -0.4 is 14.4 Å². The van der Waals surface area contributed by atoms with Gasteiger partial charge in [0.1, 0.15) is 29.7 Å². The maximum atomic E-state index is 14.2. The number of benzene rings is 4. The van der Waals surface area contributed by atoms with Crippen LogP contribution in [0.3, 0.4) is 0 Å². The number of aromatic nitrogens is 2. The Balaban J connectivity index is 1.31. The van der Waals surface area contributed by atoms with Crippen LogP contribution in [0.5, 0.6) is 11.5 Å². The zero-order valence-corrected chi connectivity index (χ0v) is 26.5. The Labute approximate surface area is 273 Å². The summed E-state index contributed by atoms with van der Waals surface area (Å²) in [6.45, 7) is 2.39. The summed E-state index contributed by atoms with van der Waals surface area (Å²) in [5.41, 5.74) is 3.51. The summed E-state index contributed by atoms with van der Waals surface area (Å²) < 4.78 is 25.9. The van der Waals surface area contributed by atoms with Crippen molar-refractivity contribution in [1.82, 2.24) is 10.2 Å². The number of anilines is 1. The van der Waals surface area contributed by atoms with Gasteiger partial charge < -0.3 is 14.6 Å². The molecule has 46 heavy (non-hydrogen) atoms. The van der Waals surface area contributed by atoms with Gasteiger partial charge in [-0.3, -0.25) is 14.5 Å². The van der Waals surface area contributed by atoms with E-state index in [0.29, 0.717) is 44.9 Å². The van der Waals surface area contributed by atoms with Crippen molar-refractivity contribution in [3.8, 4) is 11.5 Å². The van der Waals surface area contributed by atoms with Gasteiger partial charge in [-0.15, -0.1) is 10.2 Å². The second kappa shape index (κ2) is 13.6. The fourth-order valence-corrected chi connectivity index (χ4v) is 6.90. The van der Waals surface area contributed by atoms with E-state index in [1.807, 2.05) is 31.2 Å². The molecule has 0 spiro atoms. The first kappa shape index (κ1) is 31.0. The predicted molar refractivity (Wildman–Crippen MR) is 176 cm³/mol. The van der Waals surface area contributed by atoms with Crippen LogP contribution in [0.2, 0.25) is 0 Å². The molecule has 0 saturated carbocycles. The van der Waals surface area contributed by atoms with E-state index in [1.54, 1.807) is 66.7 Å². The molecule has 11 heteroatoms. The predicted octanol–water partition coefficient (Wildman–Crippen LogP) is 7.49. The molecule has 1 saturated heterocycles. The van der Waals surface area contributed by atoms with Crippen LogP contribution in [0.25, 0.3) is 5.76 Å². The lowest BCUT2D eigenvalue weighted by atomic mass is 9.95. The fraction of sp³-hybridized carbons (Fsp3) is 0.143. The summed E-state index contributed by atoms with van der Waals surface area (Å²) in [7, 11) is 1.54. The summed E-state index contributed by atoms with van der Waals surface area (Å²) in [6, 6.07) is 27.0. The van der Waals surface area contributed by atoms with Crippen LogP contribution >= 0.6 is 23.1 Å². The van der Waals surface area contributed by atoms with Gasteiger partial charge in [0.15, 0.2) is 4.34 Å². The highest BCUT2D eigenvalue weighted by atomic mass is 32.2. The summed E-state index contributed by atoms with van der Waals surface area (Å²) in [5.74, 6) is -0.865. The number of hydrogen-bond acceptors (Lipinski definition) is 9. The molecule has 0 bridgehead atoms. The molecular weight excluding hydrogens is 626 g/mol. The first-order valence-electron chi connectivity index (χ1n) is 14.3. The number of carbonyl (C=O) groups is 2. The molecule has 0 radical (unpaired) electrons. The third-order valence-corrected chi connectivity index (χ3v) is 9.67. The van der Waals surface area contributed by atoms with Crippen molar-refractivity contribution in [3.63, 3.8) is 0 Å². The van der Waals surface area contributed by atoms with Gasteiger partial charge in [-0.25, -0.2) is 4.39 Å². The molecule has 4 aromatic carbocycles. The van der Waals surface area contributed by atoms with Crippen molar-refractivity contribution in [2.24, 2.45) is 0 Å². The van der Waals surface area contributed by atoms with Gasteiger partial charge in [-0.2, -0.15) is 0 Å². The third kappa shape index (κ3) is 6.37. The second-order valence-corrected chi connectivity index (χ2v) is 12.6. The lowest BCUT2D eigenvalue weighted by Gasteiger charge is -2.22. The van der Waals surface area contributed by atoms with Gasteiger partial charge in [0.25, 0.3) is 5.78 Å². The van der Waals surface area contributed by atoms with Crippen LogP contribution in [0.4, 0.5) is 9.52 Å². The monoisotopic (exact) mass is 653 g/mol. The number of aliphatic hydroxyl groups excluding tert-OH is 1. The van der Waals surface area contributed by atoms with Crippen LogP contribution in [0.15, 0.2) is 107 Å². The van der Waals surface area contributed by atoms with Crippen LogP contribution in [-0.4, -0.2) is 34.1 Å². The largest absolute Gasteiger partial charge is 0.507 e. The zero-order valence-electron chi connectivity index (χ0n) is 24.8. The highest BCUT2D eigenvalue weighted by Gasteiger charge is 2.48. The summed E-state index contributed by atoms with van der Waals surface area (Å²) in [4.78, 5) is 28.4. The molecule has 6 rings (SSSR count). The van der Waals surface area contributed by atoms with Gasteiger partial charge in [0.2, 0.25) is 5.13 Å². The topological polar surface area (TPSA) is 102 Å². The number of halogens is 1. The third-order valence-electron chi connectivity index (χ3n) is 7.57. The van der Waals surface area contributed by atoms with Gasteiger partial charge in [-0.05, 0) is 71.6 Å².